The van der Waals surface area contributed by atoms with Crippen molar-refractivity contribution in [2.75, 3.05) is 6.54 Å². The molecule has 53 valence electrons. The van der Waals surface area contributed by atoms with Crippen LogP contribution in [-0.2, 0) is 0 Å². The molecule has 0 aromatic heterocycles. The van der Waals surface area contributed by atoms with E-state index in [1.54, 1.807) is 5.92 Å². The quantitative estimate of drug-likeness (QED) is 0.614. The fourth-order valence-electron chi connectivity index (χ4n) is 1.48. The van der Waals surface area contributed by atoms with Gasteiger partial charge in [-0.2, -0.15) is 0 Å². The van der Waals surface area contributed by atoms with Gasteiger partial charge < -0.3 is 5.73 Å². The summed E-state index contributed by atoms with van der Waals surface area (Å²) in [5, 5.41) is 0. The Morgan fingerprint density at radius 2 is 1.89 bits per heavy atom. The average Bonchev–Trinajstić information content (AvgIpc) is 2.34. The third kappa shape index (κ3) is 2.35. The van der Waals surface area contributed by atoms with Crippen molar-refractivity contribution in [3.8, 4) is 0 Å². The van der Waals surface area contributed by atoms with Crippen LogP contribution in [0.1, 0.15) is 38.5 Å². The summed E-state index contributed by atoms with van der Waals surface area (Å²) in [6, 6.07) is 0. The molecule has 0 atom stereocenters. The van der Waals surface area contributed by atoms with Crippen molar-refractivity contribution in [1.82, 2.24) is 0 Å². The molecule has 0 saturated heterocycles. The predicted octanol–water partition coefficient (Wildman–Crippen LogP) is 1.87. The van der Waals surface area contributed by atoms with Gasteiger partial charge in [0, 0.05) is 0 Å². The Balaban J connectivity index is 1.98. The molecule has 1 heteroatoms. The predicted molar refractivity (Wildman–Crippen MR) is 40.0 cm³/mol. The van der Waals surface area contributed by atoms with Crippen molar-refractivity contribution in [2.45, 2.75) is 38.5 Å². The molecule has 0 amide bonds. The molecule has 1 fully saturated rings. The van der Waals surface area contributed by atoms with Crippen LogP contribution in [0.25, 0.3) is 0 Å². The Morgan fingerprint density at radius 3 is 2.44 bits per heavy atom. The second-order valence-electron chi connectivity index (χ2n) is 2.85. The standard InChI is InChI=1S/C8H16N/c9-7-3-6-8-4-1-2-5-8/h1-7,9H2. The van der Waals surface area contributed by atoms with Gasteiger partial charge in [-0.1, -0.05) is 12.8 Å². The van der Waals surface area contributed by atoms with Crippen LogP contribution in [0.5, 0.6) is 0 Å². The first-order valence-corrected chi connectivity index (χ1v) is 3.97. The first-order valence-electron chi connectivity index (χ1n) is 3.97. The Bertz CT molecular complexity index is 65.0. The lowest BCUT2D eigenvalue weighted by Crippen LogP contribution is -2.00. The molecule has 2 N–H and O–H groups in total. The van der Waals surface area contributed by atoms with Gasteiger partial charge in [0.2, 0.25) is 0 Å². The van der Waals surface area contributed by atoms with Gasteiger partial charge in [-0.3, -0.25) is 0 Å². The van der Waals surface area contributed by atoms with Gasteiger partial charge in [-0.25, -0.2) is 0 Å². The lowest BCUT2D eigenvalue weighted by Gasteiger charge is -2.04. The maximum Gasteiger partial charge on any atom is -0.00771 e. The van der Waals surface area contributed by atoms with Crippen LogP contribution in [0.4, 0.5) is 0 Å². The molecule has 0 unspecified atom stereocenters. The van der Waals surface area contributed by atoms with Gasteiger partial charge in [-0.05, 0) is 38.1 Å². The Labute approximate surface area is 57.6 Å². The van der Waals surface area contributed by atoms with Gasteiger partial charge in [0.25, 0.3) is 0 Å². The summed E-state index contributed by atoms with van der Waals surface area (Å²) >= 11 is 0. The maximum atomic E-state index is 5.39. The van der Waals surface area contributed by atoms with Gasteiger partial charge in [-0.15, -0.1) is 0 Å². The van der Waals surface area contributed by atoms with Gasteiger partial charge >= 0.3 is 0 Å². The molecule has 9 heavy (non-hydrogen) atoms. The van der Waals surface area contributed by atoms with Crippen LogP contribution < -0.4 is 5.73 Å². The van der Waals surface area contributed by atoms with E-state index >= 15 is 0 Å². The first-order chi connectivity index (χ1) is 4.43. The molecule has 1 aliphatic carbocycles. The van der Waals surface area contributed by atoms with Crippen LogP contribution in [0.3, 0.4) is 0 Å². The highest BCUT2D eigenvalue weighted by Crippen LogP contribution is 2.30. The molecule has 0 bridgehead atoms. The fourth-order valence-corrected chi connectivity index (χ4v) is 1.48. The molecular formula is C8H16N. The molecule has 0 aliphatic heterocycles. The lowest BCUT2D eigenvalue weighted by atomic mass is 10.0. The van der Waals surface area contributed by atoms with Crippen molar-refractivity contribution in [3.05, 3.63) is 5.92 Å². The minimum atomic E-state index is 0.865. The second kappa shape index (κ2) is 3.89. The number of hydrogen-bond donors (Lipinski definition) is 1. The summed E-state index contributed by atoms with van der Waals surface area (Å²) < 4.78 is 0. The van der Waals surface area contributed by atoms with Gasteiger partial charge in [0.05, 0.1) is 0 Å². The van der Waals surface area contributed by atoms with Crippen molar-refractivity contribution in [2.24, 2.45) is 5.73 Å². The molecule has 0 heterocycles. The molecule has 1 nitrogen and oxygen atoms in total. The van der Waals surface area contributed by atoms with Gasteiger partial charge in [0.15, 0.2) is 0 Å². The van der Waals surface area contributed by atoms with Crippen LogP contribution in [0.15, 0.2) is 0 Å². The average molecular weight is 126 g/mol. The van der Waals surface area contributed by atoms with Crippen LogP contribution in [0, 0.1) is 5.92 Å². The zero-order valence-corrected chi connectivity index (χ0v) is 6.03. The van der Waals surface area contributed by atoms with E-state index < -0.39 is 0 Å². The van der Waals surface area contributed by atoms with E-state index in [-0.39, 0.29) is 0 Å². The van der Waals surface area contributed by atoms with E-state index in [9.17, 15) is 0 Å². The van der Waals surface area contributed by atoms with Crippen molar-refractivity contribution < 1.29 is 0 Å². The first kappa shape index (κ1) is 7.07. The molecular weight excluding hydrogens is 110 g/mol. The summed E-state index contributed by atoms with van der Waals surface area (Å²) in [6.45, 7) is 0.865. The molecule has 1 radical (unpaired) electrons. The maximum absolute atomic E-state index is 5.39. The molecule has 0 spiro atoms. The minimum Gasteiger partial charge on any atom is -0.330 e. The van der Waals surface area contributed by atoms with E-state index in [4.69, 9.17) is 5.73 Å². The van der Waals surface area contributed by atoms with E-state index in [0.717, 1.165) is 6.54 Å². The van der Waals surface area contributed by atoms with E-state index in [1.165, 1.54) is 38.5 Å². The van der Waals surface area contributed by atoms with Gasteiger partial charge in [0.1, 0.15) is 0 Å². The fraction of sp³-hybridized carbons (Fsp3) is 0.875. The summed E-state index contributed by atoms with van der Waals surface area (Å²) in [6.07, 6.45) is 8.14. The van der Waals surface area contributed by atoms with Crippen molar-refractivity contribution >= 4 is 0 Å². The highest BCUT2D eigenvalue weighted by molar-refractivity contribution is 4.93. The number of hydrogen-bond acceptors (Lipinski definition) is 1. The lowest BCUT2D eigenvalue weighted by molar-refractivity contribution is 0.708. The third-order valence-corrected chi connectivity index (χ3v) is 2.05. The second-order valence-corrected chi connectivity index (χ2v) is 2.85. The zero-order chi connectivity index (χ0) is 6.53. The monoisotopic (exact) mass is 126 g/mol. The van der Waals surface area contributed by atoms with Crippen molar-refractivity contribution in [3.63, 3.8) is 0 Å². The van der Waals surface area contributed by atoms with Crippen LogP contribution in [0.2, 0.25) is 0 Å². The molecule has 1 rings (SSSR count). The normalized spacial score (nSPS) is 21.0. The van der Waals surface area contributed by atoms with E-state index in [0.29, 0.717) is 0 Å². The topological polar surface area (TPSA) is 26.0 Å². The summed E-state index contributed by atoms with van der Waals surface area (Å²) in [4.78, 5) is 0. The zero-order valence-electron chi connectivity index (χ0n) is 6.03. The Kier molecular flexibility index (Phi) is 3.05. The Morgan fingerprint density at radius 1 is 1.22 bits per heavy atom. The van der Waals surface area contributed by atoms with Crippen LogP contribution in [-0.4, -0.2) is 6.54 Å². The number of nitrogens with two attached hydrogens (primary N) is 1. The Hall–Kier alpha value is -0.0400. The molecule has 1 aliphatic rings. The highest BCUT2D eigenvalue weighted by atomic mass is 14.5. The smallest absolute Gasteiger partial charge is 0.00771 e. The van der Waals surface area contributed by atoms with Crippen molar-refractivity contribution in [1.29, 1.82) is 0 Å². The molecule has 1 saturated carbocycles. The summed E-state index contributed by atoms with van der Waals surface area (Å²) in [5.41, 5.74) is 5.39. The SMILES string of the molecule is NCCC[C]1CCCC1. The largest absolute Gasteiger partial charge is 0.330 e. The molecule has 0 aromatic carbocycles. The summed E-state index contributed by atoms with van der Waals surface area (Å²) in [7, 11) is 0. The van der Waals surface area contributed by atoms with E-state index in [2.05, 4.69) is 0 Å². The third-order valence-electron chi connectivity index (χ3n) is 2.05. The highest BCUT2D eigenvalue weighted by Gasteiger charge is 2.13. The summed E-state index contributed by atoms with van der Waals surface area (Å²) in [5.74, 6) is 1.76. The van der Waals surface area contributed by atoms with E-state index in [1.807, 2.05) is 0 Å². The number of rotatable bonds is 3. The molecule has 0 aromatic rings. The minimum absolute atomic E-state index is 0.865. The van der Waals surface area contributed by atoms with Crippen LogP contribution >= 0.6 is 0 Å².